The average Bonchev–Trinajstić information content (AvgIpc) is 3.36. The Morgan fingerprint density at radius 3 is 2.30 bits per heavy atom. The first kappa shape index (κ1) is 26.2. The minimum Gasteiger partial charge on any atom is -0.494 e. The molecule has 0 saturated carbocycles. The standard InChI is InChI=1S/C30H31NO5S/c1-33-26-17-21(18-27(34-2)30(26)35-3)29(32)28(19-22-20-31-25-14-8-7-13-24(22)25)37-16-10-9-15-36-23-11-5-4-6-12-23/h4-8,11-14,17-20,31H,9-10,15-16H2,1-3H3/b28-19+. The van der Waals surface area contributed by atoms with E-state index in [1.54, 1.807) is 45.2 Å². The molecule has 7 heteroatoms. The van der Waals surface area contributed by atoms with Crippen molar-refractivity contribution in [3.63, 3.8) is 0 Å². The highest BCUT2D eigenvalue weighted by atomic mass is 32.2. The number of H-pyrrole nitrogens is 1. The molecule has 1 N–H and O–H groups in total. The van der Waals surface area contributed by atoms with E-state index in [1.807, 2.05) is 66.9 Å². The highest BCUT2D eigenvalue weighted by Crippen LogP contribution is 2.39. The Bertz CT molecular complexity index is 1340. The molecule has 0 aliphatic heterocycles. The molecule has 1 heterocycles. The van der Waals surface area contributed by atoms with Crippen molar-refractivity contribution in [1.82, 2.24) is 4.98 Å². The molecule has 4 rings (SSSR count). The molecule has 0 fully saturated rings. The zero-order chi connectivity index (χ0) is 26.0. The van der Waals surface area contributed by atoms with Crippen LogP contribution in [0.4, 0.5) is 0 Å². The highest BCUT2D eigenvalue weighted by Gasteiger charge is 2.20. The van der Waals surface area contributed by atoms with E-state index < -0.39 is 0 Å². The number of rotatable bonds is 13. The Kier molecular flexibility index (Phi) is 9.16. The first-order valence-corrected chi connectivity index (χ1v) is 13.1. The molecule has 0 atom stereocenters. The zero-order valence-electron chi connectivity index (χ0n) is 21.3. The van der Waals surface area contributed by atoms with E-state index in [0.717, 1.165) is 40.8 Å². The van der Waals surface area contributed by atoms with E-state index in [0.29, 0.717) is 34.3 Å². The Hall–Kier alpha value is -3.84. The molecule has 0 aliphatic rings. The molecule has 1 aromatic heterocycles. The second-order valence-electron chi connectivity index (χ2n) is 8.26. The van der Waals surface area contributed by atoms with Crippen LogP contribution >= 0.6 is 11.8 Å². The fraction of sp³-hybridized carbons (Fsp3) is 0.233. The second-order valence-corrected chi connectivity index (χ2v) is 9.40. The van der Waals surface area contributed by atoms with Gasteiger partial charge < -0.3 is 23.9 Å². The van der Waals surface area contributed by atoms with Gasteiger partial charge in [0.05, 0.1) is 32.8 Å². The van der Waals surface area contributed by atoms with Crippen molar-refractivity contribution in [2.75, 3.05) is 33.7 Å². The van der Waals surface area contributed by atoms with Crippen LogP contribution < -0.4 is 18.9 Å². The Balaban J connectivity index is 1.54. The number of fused-ring (bicyclic) bond motifs is 1. The summed E-state index contributed by atoms with van der Waals surface area (Å²) in [6.07, 6.45) is 5.68. The lowest BCUT2D eigenvalue weighted by Gasteiger charge is -2.14. The molecule has 3 aromatic carbocycles. The smallest absolute Gasteiger partial charge is 0.203 e. The molecule has 192 valence electrons. The van der Waals surface area contributed by atoms with E-state index >= 15 is 0 Å². The van der Waals surface area contributed by atoms with Crippen LogP contribution in [0.1, 0.15) is 28.8 Å². The number of aromatic amines is 1. The molecule has 4 aromatic rings. The number of allylic oxidation sites excluding steroid dienone is 1. The fourth-order valence-electron chi connectivity index (χ4n) is 3.97. The topological polar surface area (TPSA) is 69.8 Å². The Labute approximate surface area is 221 Å². The van der Waals surface area contributed by atoms with E-state index in [2.05, 4.69) is 4.98 Å². The number of unbranched alkanes of at least 4 members (excludes halogenated alkanes) is 1. The summed E-state index contributed by atoms with van der Waals surface area (Å²) >= 11 is 1.54. The number of hydrogen-bond acceptors (Lipinski definition) is 6. The van der Waals surface area contributed by atoms with Gasteiger partial charge in [0.15, 0.2) is 17.3 Å². The molecule has 0 bridgehead atoms. The lowest BCUT2D eigenvalue weighted by molar-refractivity contribution is 0.104. The minimum atomic E-state index is -0.102. The van der Waals surface area contributed by atoms with Crippen LogP contribution in [0, 0.1) is 0 Å². The van der Waals surface area contributed by atoms with Crippen molar-refractivity contribution in [3.8, 4) is 23.0 Å². The van der Waals surface area contributed by atoms with Crippen LogP contribution in [0.5, 0.6) is 23.0 Å². The molecule has 37 heavy (non-hydrogen) atoms. The number of Topliss-reactive ketones (excluding diaryl/α,β-unsaturated/α-hetero) is 1. The summed E-state index contributed by atoms with van der Waals surface area (Å²) in [5.41, 5.74) is 2.46. The number of nitrogens with one attached hydrogen (secondary N) is 1. The number of ketones is 1. The molecule has 0 spiro atoms. The van der Waals surface area contributed by atoms with Gasteiger partial charge in [0, 0.05) is 28.2 Å². The Morgan fingerprint density at radius 2 is 1.59 bits per heavy atom. The number of ether oxygens (including phenoxy) is 4. The third-order valence-corrected chi connectivity index (χ3v) is 6.97. The summed E-state index contributed by atoms with van der Waals surface area (Å²) in [7, 11) is 4.63. The summed E-state index contributed by atoms with van der Waals surface area (Å²) in [6, 6.07) is 21.2. The largest absolute Gasteiger partial charge is 0.494 e. The number of benzene rings is 3. The summed E-state index contributed by atoms with van der Waals surface area (Å²) < 4.78 is 22.2. The van der Waals surface area contributed by atoms with Gasteiger partial charge in [0.1, 0.15) is 5.75 Å². The van der Waals surface area contributed by atoms with E-state index in [9.17, 15) is 4.79 Å². The molecule has 0 unspecified atom stereocenters. The van der Waals surface area contributed by atoms with Crippen LogP contribution in [-0.2, 0) is 0 Å². The van der Waals surface area contributed by atoms with Gasteiger partial charge in [-0.25, -0.2) is 0 Å². The number of carbonyl (C=O) groups is 1. The first-order valence-electron chi connectivity index (χ1n) is 12.1. The second kappa shape index (κ2) is 12.9. The normalized spacial score (nSPS) is 11.4. The van der Waals surface area contributed by atoms with Crippen LogP contribution in [0.3, 0.4) is 0 Å². The first-order chi connectivity index (χ1) is 18.1. The van der Waals surface area contributed by atoms with Crippen LogP contribution in [-0.4, -0.2) is 44.5 Å². The maximum absolute atomic E-state index is 13.8. The lowest BCUT2D eigenvalue weighted by Crippen LogP contribution is -2.05. The summed E-state index contributed by atoms with van der Waals surface area (Å²) in [5.74, 6) is 2.89. The van der Waals surface area contributed by atoms with Crippen LogP contribution in [0.2, 0.25) is 0 Å². The van der Waals surface area contributed by atoms with Crippen molar-refractivity contribution in [1.29, 1.82) is 0 Å². The van der Waals surface area contributed by atoms with Gasteiger partial charge in [0.2, 0.25) is 5.75 Å². The van der Waals surface area contributed by atoms with Crippen molar-refractivity contribution in [2.24, 2.45) is 0 Å². The highest BCUT2D eigenvalue weighted by molar-refractivity contribution is 8.04. The van der Waals surface area contributed by atoms with Gasteiger partial charge in [0.25, 0.3) is 0 Å². The van der Waals surface area contributed by atoms with Gasteiger partial charge in [-0.15, -0.1) is 11.8 Å². The predicted molar refractivity (Wildman–Crippen MR) is 150 cm³/mol. The van der Waals surface area contributed by atoms with Crippen LogP contribution in [0.15, 0.2) is 77.8 Å². The number of para-hydroxylation sites is 2. The van der Waals surface area contributed by atoms with Gasteiger partial charge in [-0.1, -0.05) is 36.4 Å². The minimum absolute atomic E-state index is 0.102. The molecule has 0 amide bonds. The van der Waals surface area contributed by atoms with Gasteiger partial charge in [-0.05, 0) is 55.0 Å². The van der Waals surface area contributed by atoms with Crippen molar-refractivity contribution in [2.45, 2.75) is 12.8 Å². The zero-order valence-corrected chi connectivity index (χ0v) is 22.1. The number of carbonyl (C=O) groups excluding carboxylic acids is 1. The number of methoxy groups -OCH3 is 3. The molecular formula is C30H31NO5S. The van der Waals surface area contributed by atoms with Crippen molar-refractivity contribution in [3.05, 3.63) is 89.0 Å². The van der Waals surface area contributed by atoms with Gasteiger partial charge in [-0.3, -0.25) is 4.79 Å². The average molecular weight is 518 g/mol. The number of aromatic nitrogens is 1. The third kappa shape index (κ3) is 6.49. The predicted octanol–water partition coefficient (Wildman–Crippen LogP) is 7.01. The summed E-state index contributed by atoms with van der Waals surface area (Å²) in [4.78, 5) is 17.7. The van der Waals surface area contributed by atoms with E-state index in [-0.39, 0.29) is 5.78 Å². The molecule has 0 radical (unpaired) electrons. The number of thioether (sulfide) groups is 1. The lowest BCUT2D eigenvalue weighted by atomic mass is 10.1. The summed E-state index contributed by atoms with van der Waals surface area (Å²) in [5, 5.41) is 1.06. The van der Waals surface area contributed by atoms with Gasteiger partial charge in [-0.2, -0.15) is 0 Å². The van der Waals surface area contributed by atoms with Crippen molar-refractivity contribution < 1.29 is 23.7 Å². The van der Waals surface area contributed by atoms with Crippen LogP contribution in [0.25, 0.3) is 17.0 Å². The van der Waals surface area contributed by atoms with E-state index in [1.165, 1.54) is 0 Å². The third-order valence-electron chi connectivity index (χ3n) is 5.87. The van der Waals surface area contributed by atoms with E-state index in [4.69, 9.17) is 18.9 Å². The fourth-order valence-corrected chi connectivity index (χ4v) is 5.00. The monoisotopic (exact) mass is 517 g/mol. The molecule has 6 nitrogen and oxygen atoms in total. The number of hydrogen-bond donors (Lipinski definition) is 1. The maximum Gasteiger partial charge on any atom is 0.203 e. The molecule has 0 aliphatic carbocycles. The Morgan fingerprint density at radius 1 is 0.892 bits per heavy atom. The van der Waals surface area contributed by atoms with Crippen molar-refractivity contribution >= 4 is 34.5 Å². The maximum atomic E-state index is 13.8. The quantitative estimate of drug-likeness (QED) is 0.117. The molecular weight excluding hydrogens is 486 g/mol. The SMILES string of the molecule is COc1cc(C(=O)/C(=C\c2c[nH]c3ccccc23)SCCCCOc2ccccc2)cc(OC)c1OC. The summed E-state index contributed by atoms with van der Waals surface area (Å²) in [6.45, 7) is 0.632. The van der Waals surface area contributed by atoms with Gasteiger partial charge >= 0.3 is 0 Å². The molecule has 0 saturated heterocycles.